The molecule has 0 saturated carbocycles. The molecule has 2 aromatic carbocycles. The van der Waals surface area contributed by atoms with Gasteiger partial charge in [-0.2, -0.15) is 0 Å². The third kappa shape index (κ3) is 4.58. The van der Waals surface area contributed by atoms with Crippen LogP contribution in [0.5, 0.6) is 0 Å². The number of alkyl halides is 2. The van der Waals surface area contributed by atoms with Crippen LogP contribution < -0.4 is 10.5 Å². The van der Waals surface area contributed by atoms with Gasteiger partial charge in [0, 0.05) is 12.1 Å². The van der Waals surface area contributed by atoms with Crippen molar-refractivity contribution >= 4 is 22.9 Å². The van der Waals surface area contributed by atoms with Crippen molar-refractivity contribution in [2.24, 2.45) is 0 Å². The molecule has 6 nitrogen and oxygen atoms in total. The van der Waals surface area contributed by atoms with E-state index in [-0.39, 0.29) is 23.7 Å². The van der Waals surface area contributed by atoms with Crippen molar-refractivity contribution in [3.05, 3.63) is 63.9 Å². The summed E-state index contributed by atoms with van der Waals surface area (Å²) in [5.74, 6) is -2.26. The zero-order valence-electron chi connectivity index (χ0n) is 17.8. The predicted molar refractivity (Wildman–Crippen MR) is 111 cm³/mol. The monoisotopic (exact) mass is 451 g/mol. The van der Waals surface area contributed by atoms with Gasteiger partial charge < -0.3 is 4.74 Å². The highest BCUT2D eigenvalue weighted by molar-refractivity contribution is 5.88. The Hall–Kier alpha value is -3.43. The van der Waals surface area contributed by atoms with Crippen molar-refractivity contribution in [2.75, 3.05) is 11.4 Å². The molecule has 0 aliphatic heterocycles. The van der Waals surface area contributed by atoms with Crippen LogP contribution in [0, 0.1) is 11.6 Å². The standard InChI is InChI=1S/C22H21F4N3O3/c1-5-28(21(31)32-22(2,3)4)20-27-16-8-6-7-15(24)17(16)19(30)29(20)14-10-12(18(25)26)9-13(23)11-14/h6-11,18H,5H2,1-4H3. The number of aromatic nitrogens is 2. The van der Waals surface area contributed by atoms with Gasteiger partial charge in [-0.15, -0.1) is 0 Å². The van der Waals surface area contributed by atoms with Crippen LogP contribution in [0.15, 0.2) is 41.2 Å². The van der Waals surface area contributed by atoms with Crippen molar-refractivity contribution in [2.45, 2.75) is 39.7 Å². The Morgan fingerprint density at radius 3 is 2.47 bits per heavy atom. The lowest BCUT2D eigenvalue weighted by atomic mass is 10.2. The van der Waals surface area contributed by atoms with E-state index >= 15 is 0 Å². The average Bonchev–Trinajstić information content (AvgIpc) is 2.66. The quantitative estimate of drug-likeness (QED) is 0.501. The van der Waals surface area contributed by atoms with Gasteiger partial charge in [0.25, 0.3) is 12.0 Å². The Kier molecular flexibility index (Phi) is 6.25. The van der Waals surface area contributed by atoms with Crippen LogP contribution in [0.4, 0.5) is 28.3 Å². The van der Waals surface area contributed by atoms with Crippen LogP contribution >= 0.6 is 0 Å². The molecule has 0 bridgehead atoms. The summed E-state index contributed by atoms with van der Waals surface area (Å²) in [7, 11) is 0. The second kappa shape index (κ2) is 8.60. The summed E-state index contributed by atoms with van der Waals surface area (Å²) in [5.41, 5.74) is -2.96. The lowest BCUT2D eigenvalue weighted by Gasteiger charge is -2.27. The number of hydrogen-bond donors (Lipinski definition) is 0. The molecule has 0 fully saturated rings. The predicted octanol–water partition coefficient (Wildman–Crippen LogP) is 5.36. The van der Waals surface area contributed by atoms with Gasteiger partial charge in [0.05, 0.1) is 11.2 Å². The first-order valence-corrected chi connectivity index (χ1v) is 9.73. The zero-order valence-corrected chi connectivity index (χ0v) is 17.8. The molecule has 0 radical (unpaired) electrons. The molecule has 10 heteroatoms. The van der Waals surface area contributed by atoms with E-state index in [4.69, 9.17) is 4.74 Å². The van der Waals surface area contributed by atoms with Gasteiger partial charge in [-0.05, 0) is 58.0 Å². The van der Waals surface area contributed by atoms with E-state index in [1.54, 1.807) is 27.7 Å². The number of amides is 1. The van der Waals surface area contributed by atoms with Crippen LogP contribution in [-0.2, 0) is 4.74 Å². The van der Waals surface area contributed by atoms with Gasteiger partial charge in [0.2, 0.25) is 5.95 Å². The van der Waals surface area contributed by atoms with Crippen LogP contribution in [0.25, 0.3) is 16.6 Å². The molecule has 0 N–H and O–H groups in total. The fraction of sp³-hybridized carbons (Fsp3) is 0.318. The molecular formula is C22H21F4N3O3. The number of rotatable bonds is 4. The third-order valence-corrected chi connectivity index (χ3v) is 4.42. The van der Waals surface area contributed by atoms with E-state index in [2.05, 4.69) is 4.98 Å². The molecule has 1 heterocycles. The van der Waals surface area contributed by atoms with Crippen molar-refractivity contribution in [3.63, 3.8) is 0 Å². The van der Waals surface area contributed by atoms with E-state index in [9.17, 15) is 27.2 Å². The SMILES string of the molecule is CCN(C(=O)OC(C)(C)C)c1nc2cccc(F)c2c(=O)n1-c1cc(F)cc(C(F)F)c1. The van der Waals surface area contributed by atoms with E-state index in [1.165, 1.54) is 12.1 Å². The molecule has 170 valence electrons. The minimum absolute atomic E-state index is 0.0286. The summed E-state index contributed by atoms with van der Waals surface area (Å²) in [6, 6.07) is 6.08. The molecule has 1 amide bonds. The number of anilines is 1. The van der Waals surface area contributed by atoms with Crippen LogP contribution in [0.2, 0.25) is 0 Å². The maximum absolute atomic E-state index is 14.5. The number of fused-ring (bicyclic) bond motifs is 1. The number of hydrogen-bond acceptors (Lipinski definition) is 4. The number of carbonyl (C=O) groups is 1. The van der Waals surface area contributed by atoms with Crippen LogP contribution in [0.1, 0.15) is 39.7 Å². The van der Waals surface area contributed by atoms with Gasteiger partial charge >= 0.3 is 6.09 Å². The molecule has 0 unspecified atom stereocenters. The van der Waals surface area contributed by atoms with Crippen LogP contribution in [0.3, 0.4) is 0 Å². The molecule has 0 spiro atoms. The first-order chi connectivity index (χ1) is 14.9. The summed E-state index contributed by atoms with van der Waals surface area (Å²) in [4.78, 5) is 31.3. The Balaban J connectivity index is 2.38. The second-order valence-electron chi connectivity index (χ2n) is 7.95. The molecule has 0 saturated heterocycles. The number of carbonyl (C=O) groups excluding carboxylic acids is 1. The molecule has 32 heavy (non-hydrogen) atoms. The maximum atomic E-state index is 14.5. The minimum Gasteiger partial charge on any atom is -0.443 e. The van der Waals surface area contributed by atoms with Gasteiger partial charge in [-0.25, -0.2) is 36.8 Å². The highest BCUT2D eigenvalue weighted by Gasteiger charge is 2.28. The lowest BCUT2D eigenvalue weighted by Crippen LogP contribution is -2.40. The topological polar surface area (TPSA) is 64.4 Å². The van der Waals surface area contributed by atoms with Crippen molar-refractivity contribution < 1.29 is 27.1 Å². The molecule has 0 aliphatic rings. The zero-order chi connectivity index (χ0) is 23.8. The molecular weight excluding hydrogens is 430 g/mol. The Morgan fingerprint density at radius 2 is 1.88 bits per heavy atom. The third-order valence-electron chi connectivity index (χ3n) is 4.42. The molecule has 3 rings (SSSR count). The summed E-state index contributed by atoms with van der Waals surface area (Å²) in [6.07, 6.45) is -3.90. The minimum atomic E-state index is -3.03. The number of nitrogens with zero attached hydrogens (tertiary/aromatic N) is 3. The first kappa shape index (κ1) is 23.2. The Bertz CT molecular complexity index is 1240. The fourth-order valence-electron chi connectivity index (χ4n) is 3.11. The maximum Gasteiger partial charge on any atom is 0.417 e. The fourth-order valence-corrected chi connectivity index (χ4v) is 3.11. The number of halogens is 4. The summed E-state index contributed by atoms with van der Waals surface area (Å²) in [6.45, 7) is 6.45. The smallest absolute Gasteiger partial charge is 0.417 e. The summed E-state index contributed by atoms with van der Waals surface area (Å²) >= 11 is 0. The van der Waals surface area contributed by atoms with Gasteiger partial charge in [0.15, 0.2) is 0 Å². The lowest BCUT2D eigenvalue weighted by molar-refractivity contribution is 0.0579. The van der Waals surface area contributed by atoms with E-state index in [0.717, 1.165) is 27.7 Å². The van der Waals surface area contributed by atoms with E-state index in [1.807, 2.05) is 0 Å². The highest BCUT2D eigenvalue weighted by atomic mass is 19.3. The van der Waals surface area contributed by atoms with Gasteiger partial charge in [0.1, 0.15) is 22.6 Å². The van der Waals surface area contributed by atoms with E-state index < -0.39 is 46.3 Å². The number of ether oxygens (including phenoxy) is 1. The molecule has 3 aromatic rings. The van der Waals surface area contributed by atoms with E-state index in [0.29, 0.717) is 6.07 Å². The van der Waals surface area contributed by atoms with Crippen LogP contribution in [-0.4, -0.2) is 27.8 Å². The normalized spacial score (nSPS) is 11.8. The molecule has 0 atom stereocenters. The largest absolute Gasteiger partial charge is 0.443 e. The highest BCUT2D eigenvalue weighted by Crippen LogP contribution is 2.27. The Morgan fingerprint density at radius 1 is 1.19 bits per heavy atom. The van der Waals surface area contributed by atoms with Crippen molar-refractivity contribution in [1.82, 2.24) is 9.55 Å². The van der Waals surface area contributed by atoms with Gasteiger partial charge in [-0.3, -0.25) is 4.79 Å². The van der Waals surface area contributed by atoms with Crippen molar-refractivity contribution in [3.8, 4) is 5.69 Å². The Labute approximate surface area is 181 Å². The van der Waals surface area contributed by atoms with Gasteiger partial charge in [-0.1, -0.05) is 6.07 Å². The van der Waals surface area contributed by atoms with Crippen molar-refractivity contribution in [1.29, 1.82) is 0 Å². The second-order valence-corrected chi connectivity index (χ2v) is 7.95. The molecule has 0 aliphatic carbocycles. The number of benzene rings is 2. The average molecular weight is 451 g/mol. The summed E-state index contributed by atoms with van der Waals surface area (Å²) < 4.78 is 61.3. The first-order valence-electron chi connectivity index (χ1n) is 9.73. The molecule has 1 aromatic heterocycles. The summed E-state index contributed by atoms with van der Waals surface area (Å²) in [5, 5.41) is -0.431.